The summed E-state index contributed by atoms with van der Waals surface area (Å²) < 4.78 is 6.75. The Morgan fingerprint density at radius 2 is 0.978 bits per heavy atom. The molecule has 0 aliphatic heterocycles. The van der Waals surface area contributed by atoms with E-state index in [1.54, 1.807) is 0 Å². The molecule has 9 aromatic carbocycles. The van der Waals surface area contributed by atoms with Gasteiger partial charge in [-0.3, -0.25) is 0 Å². The first kappa shape index (κ1) is 24.5. The van der Waals surface area contributed by atoms with E-state index in [0.29, 0.717) is 0 Å². The van der Waals surface area contributed by atoms with E-state index in [4.69, 9.17) is 4.42 Å². The molecule has 1 heteroatoms. The van der Waals surface area contributed by atoms with Crippen molar-refractivity contribution >= 4 is 65.0 Å². The van der Waals surface area contributed by atoms with Crippen molar-refractivity contribution < 1.29 is 4.42 Å². The minimum absolute atomic E-state index is 0.932. The Kier molecular flexibility index (Phi) is 5.06. The SMILES string of the molecule is c1ccc(-c2c3ccccc3c(-c3cc4cccc5oc6c(-c7ccc8ccccc8c7)ccc3c6c45)c3ccccc23)cc1. The molecule has 1 heterocycles. The average Bonchev–Trinajstić information content (AvgIpc) is 3.50. The molecule has 1 nitrogen and oxygen atoms in total. The van der Waals surface area contributed by atoms with Crippen molar-refractivity contribution in [1.82, 2.24) is 0 Å². The predicted octanol–water partition coefficient (Wildman–Crippen LogP) is 12.6. The summed E-state index contributed by atoms with van der Waals surface area (Å²) in [5.74, 6) is 0. The predicted molar refractivity (Wildman–Crippen MR) is 191 cm³/mol. The largest absolute Gasteiger partial charge is 0.455 e. The van der Waals surface area contributed by atoms with Crippen molar-refractivity contribution in [3.63, 3.8) is 0 Å². The molecule has 0 fully saturated rings. The summed E-state index contributed by atoms with van der Waals surface area (Å²) in [5.41, 5.74) is 9.19. The minimum atomic E-state index is 0.932. The molecule has 0 N–H and O–H groups in total. The normalized spacial score (nSPS) is 12.0. The molecule has 0 bridgehead atoms. The van der Waals surface area contributed by atoms with Gasteiger partial charge < -0.3 is 4.42 Å². The van der Waals surface area contributed by atoms with Crippen LogP contribution in [0.4, 0.5) is 0 Å². The van der Waals surface area contributed by atoms with Crippen molar-refractivity contribution in [2.24, 2.45) is 0 Å². The van der Waals surface area contributed by atoms with Crippen molar-refractivity contribution in [1.29, 1.82) is 0 Å². The van der Waals surface area contributed by atoms with Gasteiger partial charge in [-0.1, -0.05) is 133 Å². The Morgan fingerprint density at radius 3 is 1.73 bits per heavy atom. The van der Waals surface area contributed by atoms with Crippen molar-refractivity contribution in [3.05, 3.63) is 158 Å². The molecule has 10 aromatic rings. The van der Waals surface area contributed by atoms with E-state index in [1.807, 2.05) is 0 Å². The highest BCUT2D eigenvalue weighted by Gasteiger charge is 2.23. The zero-order valence-corrected chi connectivity index (χ0v) is 24.4. The zero-order valence-electron chi connectivity index (χ0n) is 24.4. The van der Waals surface area contributed by atoms with Gasteiger partial charge in [0.2, 0.25) is 0 Å². The van der Waals surface area contributed by atoms with Crippen LogP contribution in [-0.4, -0.2) is 0 Å². The van der Waals surface area contributed by atoms with Gasteiger partial charge in [0.1, 0.15) is 11.2 Å². The maximum atomic E-state index is 6.75. The summed E-state index contributed by atoms with van der Waals surface area (Å²) in [5, 5.41) is 12.3. The van der Waals surface area contributed by atoms with Crippen LogP contribution in [0.25, 0.3) is 98.4 Å². The fraction of sp³-hybridized carbons (Fsp3) is 0. The highest BCUT2D eigenvalue weighted by Crippen LogP contribution is 2.49. The van der Waals surface area contributed by atoms with Gasteiger partial charge in [-0.2, -0.15) is 0 Å². The molecular weight excluding hydrogens is 544 g/mol. The Labute approximate surface area is 259 Å². The lowest BCUT2D eigenvalue weighted by Gasteiger charge is -2.19. The summed E-state index contributed by atoms with van der Waals surface area (Å²) in [7, 11) is 0. The van der Waals surface area contributed by atoms with Gasteiger partial charge in [-0.15, -0.1) is 0 Å². The third-order valence-electron chi connectivity index (χ3n) is 9.59. The lowest BCUT2D eigenvalue weighted by Crippen LogP contribution is -1.92. The van der Waals surface area contributed by atoms with Crippen LogP contribution in [-0.2, 0) is 0 Å². The molecule has 1 aromatic heterocycles. The van der Waals surface area contributed by atoms with Crippen LogP contribution in [0.3, 0.4) is 0 Å². The molecule has 0 unspecified atom stereocenters. The van der Waals surface area contributed by atoms with Crippen LogP contribution < -0.4 is 0 Å². The molecule has 0 aliphatic rings. The van der Waals surface area contributed by atoms with Crippen LogP contribution in [0, 0.1) is 0 Å². The molecule has 0 radical (unpaired) electrons. The third kappa shape index (κ3) is 3.50. The lowest BCUT2D eigenvalue weighted by atomic mass is 9.83. The molecule has 208 valence electrons. The van der Waals surface area contributed by atoms with E-state index in [1.165, 1.54) is 81.7 Å². The summed E-state index contributed by atoms with van der Waals surface area (Å²) in [6.07, 6.45) is 0. The summed E-state index contributed by atoms with van der Waals surface area (Å²) in [4.78, 5) is 0. The van der Waals surface area contributed by atoms with Gasteiger partial charge in [0.25, 0.3) is 0 Å². The molecule has 0 atom stereocenters. The van der Waals surface area contributed by atoms with Gasteiger partial charge in [0.05, 0.1) is 0 Å². The minimum Gasteiger partial charge on any atom is -0.455 e. The molecule has 45 heavy (non-hydrogen) atoms. The highest BCUT2D eigenvalue weighted by atomic mass is 16.3. The molecular formula is C44H26O. The summed E-state index contributed by atoms with van der Waals surface area (Å²) in [6.45, 7) is 0. The number of hydrogen-bond acceptors (Lipinski definition) is 1. The molecule has 0 aliphatic carbocycles. The van der Waals surface area contributed by atoms with Gasteiger partial charge >= 0.3 is 0 Å². The standard InChI is InChI=1S/C44H26O/c1-2-12-28(13-3-1)40-33-16-6-8-18-35(33)42(36-19-9-7-17-34(36)40)38-26-31-15-10-20-39-41(31)43-37(38)24-23-32(44(43)45-39)30-22-21-27-11-4-5-14-29(27)25-30/h1-26H. The molecule has 0 spiro atoms. The molecule has 10 rings (SSSR count). The van der Waals surface area contributed by atoms with E-state index in [0.717, 1.165) is 16.7 Å². The fourth-order valence-electron chi connectivity index (χ4n) is 7.65. The first-order chi connectivity index (χ1) is 22.3. The van der Waals surface area contributed by atoms with E-state index in [-0.39, 0.29) is 0 Å². The first-order valence-corrected chi connectivity index (χ1v) is 15.5. The zero-order chi connectivity index (χ0) is 29.5. The number of benzene rings is 9. The van der Waals surface area contributed by atoms with E-state index >= 15 is 0 Å². The van der Waals surface area contributed by atoms with Gasteiger partial charge in [0, 0.05) is 16.3 Å². The first-order valence-electron chi connectivity index (χ1n) is 15.5. The van der Waals surface area contributed by atoms with E-state index in [2.05, 4.69) is 158 Å². The summed E-state index contributed by atoms with van der Waals surface area (Å²) >= 11 is 0. The van der Waals surface area contributed by atoms with Crippen LogP contribution in [0.5, 0.6) is 0 Å². The van der Waals surface area contributed by atoms with Crippen molar-refractivity contribution in [2.75, 3.05) is 0 Å². The van der Waals surface area contributed by atoms with E-state index < -0.39 is 0 Å². The molecule has 0 saturated carbocycles. The van der Waals surface area contributed by atoms with Crippen molar-refractivity contribution in [2.45, 2.75) is 0 Å². The quantitative estimate of drug-likeness (QED) is 0.152. The highest BCUT2D eigenvalue weighted by molar-refractivity contribution is 6.31. The Morgan fingerprint density at radius 1 is 0.333 bits per heavy atom. The van der Waals surface area contributed by atoms with Gasteiger partial charge in [-0.05, 0) is 95.2 Å². The van der Waals surface area contributed by atoms with Gasteiger partial charge in [0.15, 0.2) is 0 Å². The molecule has 0 saturated heterocycles. The van der Waals surface area contributed by atoms with Crippen LogP contribution >= 0.6 is 0 Å². The third-order valence-corrected chi connectivity index (χ3v) is 9.59. The second-order valence-corrected chi connectivity index (χ2v) is 12.0. The van der Waals surface area contributed by atoms with Crippen LogP contribution in [0.2, 0.25) is 0 Å². The number of rotatable bonds is 3. The Hall–Kier alpha value is -5.92. The maximum Gasteiger partial charge on any atom is 0.143 e. The smallest absolute Gasteiger partial charge is 0.143 e. The summed E-state index contributed by atoms with van der Waals surface area (Å²) in [6, 6.07) is 57.2. The number of fused-ring (bicyclic) bond motifs is 3. The Balaban J connectivity index is 1.34. The number of hydrogen-bond donors (Lipinski definition) is 0. The number of furan rings is 1. The van der Waals surface area contributed by atoms with Crippen molar-refractivity contribution in [3.8, 4) is 33.4 Å². The topological polar surface area (TPSA) is 13.1 Å². The maximum absolute atomic E-state index is 6.75. The second kappa shape index (κ2) is 9.29. The Bertz CT molecular complexity index is 2690. The van der Waals surface area contributed by atoms with Crippen LogP contribution in [0.1, 0.15) is 0 Å². The lowest BCUT2D eigenvalue weighted by molar-refractivity contribution is 0.670. The monoisotopic (exact) mass is 570 g/mol. The molecule has 0 amide bonds. The fourth-order valence-corrected chi connectivity index (χ4v) is 7.65. The van der Waals surface area contributed by atoms with E-state index in [9.17, 15) is 0 Å². The van der Waals surface area contributed by atoms with Crippen LogP contribution in [0.15, 0.2) is 162 Å². The average molecular weight is 571 g/mol. The van der Waals surface area contributed by atoms with Gasteiger partial charge in [-0.25, -0.2) is 0 Å². The second-order valence-electron chi connectivity index (χ2n) is 12.0.